The summed E-state index contributed by atoms with van der Waals surface area (Å²) in [7, 11) is 0. The number of carbonyl (C=O) groups excluding carboxylic acids is 2. The summed E-state index contributed by atoms with van der Waals surface area (Å²) in [5.41, 5.74) is 2.10. The molecule has 6 heteroatoms. The first-order chi connectivity index (χ1) is 12.4. The first-order valence-electron chi connectivity index (χ1n) is 9.26. The van der Waals surface area contributed by atoms with Crippen LogP contribution in [0.1, 0.15) is 44.2 Å². The van der Waals surface area contributed by atoms with E-state index in [4.69, 9.17) is 4.84 Å². The Kier molecular flexibility index (Phi) is 5.30. The lowest BCUT2D eigenvalue weighted by Gasteiger charge is -2.38. The molecule has 2 amide bonds. The van der Waals surface area contributed by atoms with Gasteiger partial charge in [0.25, 0.3) is 5.91 Å². The van der Waals surface area contributed by atoms with E-state index < -0.39 is 5.60 Å². The lowest BCUT2D eigenvalue weighted by atomic mass is 9.87. The molecule has 2 aliphatic rings. The average molecular weight is 357 g/mol. The number of benzene rings is 1. The van der Waals surface area contributed by atoms with Crippen molar-refractivity contribution >= 4 is 17.5 Å². The van der Waals surface area contributed by atoms with E-state index in [0.717, 1.165) is 24.9 Å². The summed E-state index contributed by atoms with van der Waals surface area (Å²) in [6.07, 6.45) is 2.13. The van der Waals surface area contributed by atoms with E-state index >= 15 is 0 Å². The summed E-state index contributed by atoms with van der Waals surface area (Å²) < 4.78 is 0. The fraction of sp³-hybridized carbons (Fsp3) is 0.550. The van der Waals surface area contributed by atoms with Crippen molar-refractivity contribution in [3.05, 3.63) is 35.4 Å². The zero-order valence-electron chi connectivity index (χ0n) is 15.7. The van der Waals surface area contributed by atoms with Crippen LogP contribution < -0.4 is 5.32 Å². The highest BCUT2D eigenvalue weighted by Gasteiger charge is 2.45. The maximum atomic E-state index is 12.4. The SMILES string of the molecule is Cc1ccc(CNC(=O)C2=NOC3(CCCN(C(=O)C(C)C)C3)C2)cc1. The maximum absolute atomic E-state index is 12.4. The lowest BCUT2D eigenvalue weighted by Crippen LogP contribution is -2.51. The van der Waals surface area contributed by atoms with Gasteiger partial charge in [-0.25, -0.2) is 0 Å². The van der Waals surface area contributed by atoms with Gasteiger partial charge in [-0.2, -0.15) is 0 Å². The summed E-state index contributed by atoms with van der Waals surface area (Å²) in [4.78, 5) is 32.2. The summed E-state index contributed by atoms with van der Waals surface area (Å²) in [6, 6.07) is 8.05. The third-order valence-electron chi connectivity index (χ3n) is 5.02. The predicted octanol–water partition coefficient (Wildman–Crippen LogP) is 2.40. The Balaban J connectivity index is 1.56. The van der Waals surface area contributed by atoms with Crippen molar-refractivity contribution in [2.24, 2.45) is 11.1 Å². The van der Waals surface area contributed by atoms with E-state index in [0.29, 0.717) is 25.2 Å². The van der Waals surface area contributed by atoms with Gasteiger partial charge < -0.3 is 15.1 Å². The number of hydrogen-bond acceptors (Lipinski definition) is 4. The van der Waals surface area contributed by atoms with E-state index in [1.165, 1.54) is 5.56 Å². The average Bonchev–Trinajstić information content (AvgIpc) is 3.03. The number of likely N-dealkylation sites (tertiary alicyclic amines) is 1. The second-order valence-electron chi connectivity index (χ2n) is 7.68. The van der Waals surface area contributed by atoms with Gasteiger partial charge in [0.1, 0.15) is 5.71 Å². The topological polar surface area (TPSA) is 71.0 Å². The first kappa shape index (κ1) is 18.4. The Morgan fingerprint density at radius 2 is 2.04 bits per heavy atom. The molecule has 0 saturated carbocycles. The Morgan fingerprint density at radius 3 is 2.73 bits per heavy atom. The minimum Gasteiger partial charge on any atom is -0.386 e. The summed E-state index contributed by atoms with van der Waals surface area (Å²) >= 11 is 0. The second-order valence-corrected chi connectivity index (χ2v) is 7.68. The molecular weight excluding hydrogens is 330 g/mol. The van der Waals surface area contributed by atoms with Gasteiger partial charge in [-0.05, 0) is 25.3 Å². The molecule has 0 radical (unpaired) electrons. The Hall–Kier alpha value is -2.37. The highest BCUT2D eigenvalue weighted by Crippen LogP contribution is 2.34. The molecule has 26 heavy (non-hydrogen) atoms. The molecule has 1 fully saturated rings. The monoisotopic (exact) mass is 357 g/mol. The van der Waals surface area contributed by atoms with Crippen molar-refractivity contribution < 1.29 is 14.4 Å². The van der Waals surface area contributed by atoms with Crippen LogP contribution in [-0.2, 0) is 21.0 Å². The van der Waals surface area contributed by atoms with Gasteiger partial charge in [0, 0.05) is 25.4 Å². The Bertz CT molecular complexity index is 712. The number of amides is 2. The van der Waals surface area contributed by atoms with Crippen LogP contribution in [0.25, 0.3) is 0 Å². The molecule has 1 aromatic rings. The molecule has 1 saturated heterocycles. The van der Waals surface area contributed by atoms with Crippen molar-refractivity contribution in [2.75, 3.05) is 13.1 Å². The number of hydrogen-bond donors (Lipinski definition) is 1. The first-order valence-corrected chi connectivity index (χ1v) is 9.26. The summed E-state index contributed by atoms with van der Waals surface area (Å²) in [5, 5.41) is 6.95. The van der Waals surface area contributed by atoms with Crippen LogP contribution in [0, 0.1) is 12.8 Å². The highest BCUT2D eigenvalue weighted by atomic mass is 16.7. The van der Waals surface area contributed by atoms with Crippen LogP contribution in [-0.4, -0.2) is 41.1 Å². The zero-order valence-corrected chi connectivity index (χ0v) is 15.7. The Morgan fingerprint density at radius 1 is 1.31 bits per heavy atom. The molecule has 0 bridgehead atoms. The Labute approximate surface area is 154 Å². The van der Waals surface area contributed by atoms with E-state index in [9.17, 15) is 9.59 Å². The largest absolute Gasteiger partial charge is 0.386 e. The molecule has 1 aromatic carbocycles. The number of aryl methyl sites for hydroxylation is 1. The smallest absolute Gasteiger partial charge is 0.269 e. The number of nitrogens with one attached hydrogen (secondary N) is 1. The van der Waals surface area contributed by atoms with Crippen LogP contribution >= 0.6 is 0 Å². The van der Waals surface area contributed by atoms with Crippen LogP contribution in [0.2, 0.25) is 0 Å². The summed E-state index contributed by atoms with van der Waals surface area (Å²) in [5.74, 6) is -0.107. The molecule has 0 aliphatic carbocycles. The second kappa shape index (κ2) is 7.48. The number of nitrogens with zero attached hydrogens (tertiary/aromatic N) is 2. The predicted molar refractivity (Wildman–Crippen MR) is 99.5 cm³/mol. The van der Waals surface area contributed by atoms with Crippen LogP contribution in [0.5, 0.6) is 0 Å². The fourth-order valence-corrected chi connectivity index (χ4v) is 3.50. The molecule has 0 aromatic heterocycles. The molecular formula is C20H27N3O3. The lowest BCUT2D eigenvalue weighted by molar-refractivity contribution is -0.143. The number of carbonyl (C=O) groups is 2. The van der Waals surface area contributed by atoms with Gasteiger partial charge in [-0.3, -0.25) is 9.59 Å². The minimum atomic E-state index is -0.542. The molecule has 2 aliphatic heterocycles. The van der Waals surface area contributed by atoms with Gasteiger partial charge in [-0.1, -0.05) is 48.8 Å². The molecule has 6 nitrogen and oxygen atoms in total. The minimum absolute atomic E-state index is 0.0373. The quantitative estimate of drug-likeness (QED) is 0.899. The van der Waals surface area contributed by atoms with Crippen LogP contribution in [0.4, 0.5) is 0 Å². The molecule has 3 rings (SSSR count). The molecule has 1 unspecified atom stereocenters. The van der Waals surface area contributed by atoms with Crippen molar-refractivity contribution in [1.29, 1.82) is 0 Å². The molecule has 1 N–H and O–H groups in total. The highest BCUT2D eigenvalue weighted by molar-refractivity contribution is 6.39. The number of oxime groups is 1. The molecule has 2 heterocycles. The van der Waals surface area contributed by atoms with E-state index in [2.05, 4.69) is 10.5 Å². The van der Waals surface area contributed by atoms with Gasteiger partial charge in [0.2, 0.25) is 5.91 Å². The zero-order chi connectivity index (χ0) is 18.7. The third-order valence-corrected chi connectivity index (χ3v) is 5.02. The van der Waals surface area contributed by atoms with Crippen molar-refractivity contribution in [3.8, 4) is 0 Å². The van der Waals surface area contributed by atoms with Crippen molar-refractivity contribution in [2.45, 2.75) is 52.2 Å². The van der Waals surface area contributed by atoms with E-state index in [1.807, 2.05) is 49.9 Å². The number of piperidine rings is 1. The fourth-order valence-electron chi connectivity index (χ4n) is 3.50. The molecule has 1 atom stereocenters. The van der Waals surface area contributed by atoms with Gasteiger partial charge in [-0.15, -0.1) is 0 Å². The van der Waals surface area contributed by atoms with Crippen LogP contribution in [0.3, 0.4) is 0 Å². The normalized spacial score (nSPS) is 22.3. The van der Waals surface area contributed by atoms with Crippen LogP contribution in [0.15, 0.2) is 29.4 Å². The van der Waals surface area contributed by atoms with Gasteiger partial charge in [0.15, 0.2) is 5.60 Å². The number of rotatable bonds is 4. The maximum Gasteiger partial charge on any atom is 0.269 e. The molecule has 1 spiro atoms. The standard InChI is InChI=1S/C20H27N3O3/c1-14(2)19(25)23-10-4-9-20(13-23)11-17(22-26-20)18(24)21-12-16-7-5-15(3)6-8-16/h5-8,14H,4,9-13H2,1-3H3,(H,21,24). The summed E-state index contributed by atoms with van der Waals surface area (Å²) in [6.45, 7) is 7.55. The van der Waals surface area contributed by atoms with Gasteiger partial charge in [0.05, 0.1) is 6.54 Å². The van der Waals surface area contributed by atoms with Gasteiger partial charge >= 0.3 is 0 Å². The third kappa shape index (κ3) is 4.06. The molecule has 140 valence electrons. The van der Waals surface area contributed by atoms with Crippen molar-refractivity contribution in [1.82, 2.24) is 10.2 Å². The van der Waals surface area contributed by atoms with Crippen molar-refractivity contribution in [3.63, 3.8) is 0 Å². The van der Waals surface area contributed by atoms with E-state index in [1.54, 1.807) is 0 Å². The van der Waals surface area contributed by atoms with E-state index in [-0.39, 0.29) is 17.7 Å².